The Morgan fingerprint density at radius 1 is 1.38 bits per heavy atom. The fourth-order valence-corrected chi connectivity index (χ4v) is 3.90. The van der Waals surface area contributed by atoms with Crippen molar-refractivity contribution in [2.24, 2.45) is 5.84 Å². The number of thiophene rings is 1. The molecule has 2 aromatic heterocycles. The first kappa shape index (κ1) is 14.5. The Morgan fingerprint density at radius 3 is 2.76 bits per heavy atom. The van der Waals surface area contributed by atoms with Gasteiger partial charge in [0.1, 0.15) is 10.6 Å². The van der Waals surface area contributed by atoms with E-state index >= 15 is 0 Å². The molecule has 2 heterocycles. The van der Waals surface area contributed by atoms with Gasteiger partial charge in [0.25, 0.3) is 0 Å². The Balaban J connectivity index is 2.04. The maximum absolute atomic E-state index is 9.78. The number of nitrogens with two attached hydrogens (primary N) is 1. The van der Waals surface area contributed by atoms with Gasteiger partial charge in [-0.1, -0.05) is 19.8 Å². The molecular formula is C14H21N5OS. The molecular weight excluding hydrogens is 286 g/mol. The predicted molar refractivity (Wildman–Crippen MR) is 86.5 cm³/mol. The van der Waals surface area contributed by atoms with Crippen LogP contribution in [-0.4, -0.2) is 27.2 Å². The highest BCUT2D eigenvalue weighted by Gasteiger charge is 2.34. The minimum Gasteiger partial charge on any atom is -0.394 e. The number of hydrazine groups is 1. The monoisotopic (exact) mass is 307 g/mol. The fraction of sp³-hybridized carbons (Fsp3) is 0.571. The van der Waals surface area contributed by atoms with E-state index in [1.165, 1.54) is 4.88 Å². The molecule has 0 radical (unpaired) electrons. The van der Waals surface area contributed by atoms with Crippen LogP contribution in [-0.2, 0) is 6.42 Å². The summed E-state index contributed by atoms with van der Waals surface area (Å²) in [7, 11) is 0. The largest absolute Gasteiger partial charge is 0.394 e. The van der Waals surface area contributed by atoms with Crippen LogP contribution >= 0.6 is 11.3 Å². The van der Waals surface area contributed by atoms with Crippen molar-refractivity contribution in [3.05, 3.63) is 10.9 Å². The number of nitrogens with zero attached hydrogens (tertiary/aromatic N) is 2. The molecule has 1 fully saturated rings. The summed E-state index contributed by atoms with van der Waals surface area (Å²) >= 11 is 1.66. The van der Waals surface area contributed by atoms with E-state index in [-0.39, 0.29) is 12.1 Å². The van der Waals surface area contributed by atoms with Crippen LogP contribution in [0.5, 0.6) is 0 Å². The van der Waals surface area contributed by atoms with E-state index in [1.54, 1.807) is 11.3 Å². The van der Waals surface area contributed by atoms with Gasteiger partial charge in [-0.2, -0.15) is 4.98 Å². The van der Waals surface area contributed by atoms with E-state index in [2.05, 4.69) is 33.7 Å². The molecule has 0 bridgehead atoms. The van der Waals surface area contributed by atoms with Crippen molar-refractivity contribution in [2.75, 3.05) is 17.3 Å². The molecule has 0 unspecified atom stereocenters. The SMILES string of the molecule is CCc1cc2c(NC3(CO)CCCC3)nc(NN)nc2s1. The fourth-order valence-electron chi connectivity index (χ4n) is 2.93. The molecule has 0 saturated heterocycles. The van der Waals surface area contributed by atoms with Crippen LogP contribution in [0, 0.1) is 0 Å². The highest BCUT2D eigenvalue weighted by Crippen LogP contribution is 2.36. The lowest BCUT2D eigenvalue weighted by Crippen LogP contribution is -2.39. The molecule has 2 aromatic rings. The lowest BCUT2D eigenvalue weighted by atomic mass is 9.99. The molecule has 1 aliphatic carbocycles. The van der Waals surface area contributed by atoms with Crippen LogP contribution in [0.2, 0.25) is 0 Å². The first-order valence-electron chi connectivity index (χ1n) is 7.36. The van der Waals surface area contributed by atoms with Crippen molar-refractivity contribution in [1.29, 1.82) is 0 Å². The number of rotatable bonds is 5. The second-order valence-electron chi connectivity index (χ2n) is 5.60. The molecule has 7 heteroatoms. The number of nitrogen functional groups attached to an aromatic ring is 1. The van der Waals surface area contributed by atoms with Gasteiger partial charge in [0, 0.05) is 4.88 Å². The summed E-state index contributed by atoms with van der Waals surface area (Å²) in [6.45, 7) is 2.24. The normalized spacial score (nSPS) is 17.3. The van der Waals surface area contributed by atoms with Gasteiger partial charge in [0.15, 0.2) is 0 Å². The van der Waals surface area contributed by atoms with Crippen LogP contribution < -0.4 is 16.6 Å². The van der Waals surface area contributed by atoms with Gasteiger partial charge in [-0.3, -0.25) is 5.43 Å². The Bertz CT molecular complexity index is 636. The minimum absolute atomic E-state index is 0.120. The van der Waals surface area contributed by atoms with Crippen LogP contribution in [0.25, 0.3) is 10.2 Å². The molecule has 0 atom stereocenters. The number of nitrogens with one attached hydrogen (secondary N) is 2. The number of aliphatic hydroxyl groups excluding tert-OH is 1. The highest BCUT2D eigenvalue weighted by molar-refractivity contribution is 7.18. The number of aromatic nitrogens is 2. The lowest BCUT2D eigenvalue weighted by Gasteiger charge is -2.29. The highest BCUT2D eigenvalue weighted by atomic mass is 32.1. The maximum atomic E-state index is 9.78. The van der Waals surface area contributed by atoms with Crippen molar-refractivity contribution in [2.45, 2.75) is 44.6 Å². The van der Waals surface area contributed by atoms with Gasteiger partial charge >= 0.3 is 0 Å². The molecule has 1 saturated carbocycles. The molecule has 0 aliphatic heterocycles. The summed E-state index contributed by atoms with van der Waals surface area (Å²) < 4.78 is 0. The molecule has 6 nitrogen and oxygen atoms in total. The van der Waals surface area contributed by atoms with Crippen LogP contribution in [0.1, 0.15) is 37.5 Å². The minimum atomic E-state index is -0.262. The van der Waals surface area contributed by atoms with Crippen molar-refractivity contribution in [3.63, 3.8) is 0 Å². The van der Waals surface area contributed by atoms with Crippen molar-refractivity contribution in [1.82, 2.24) is 9.97 Å². The smallest absolute Gasteiger partial charge is 0.240 e. The summed E-state index contributed by atoms with van der Waals surface area (Å²) in [6.07, 6.45) is 5.16. The Kier molecular flexibility index (Phi) is 3.97. The van der Waals surface area contributed by atoms with E-state index in [9.17, 15) is 5.11 Å². The first-order valence-corrected chi connectivity index (χ1v) is 8.17. The zero-order chi connectivity index (χ0) is 14.9. The average molecular weight is 307 g/mol. The van der Waals surface area contributed by atoms with E-state index in [1.807, 2.05) is 0 Å². The number of fused-ring (bicyclic) bond motifs is 1. The molecule has 114 valence electrons. The maximum Gasteiger partial charge on any atom is 0.240 e. The summed E-state index contributed by atoms with van der Waals surface area (Å²) in [5, 5.41) is 14.3. The molecule has 3 rings (SSSR count). The predicted octanol–water partition coefficient (Wildman–Crippen LogP) is 2.26. The summed E-state index contributed by atoms with van der Waals surface area (Å²) in [4.78, 5) is 11.1. The van der Waals surface area contributed by atoms with Crippen molar-refractivity contribution < 1.29 is 5.11 Å². The third-order valence-electron chi connectivity index (χ3n) is 4.17. The van der Waals surface area contributed by atoms with Crippen LogP contribution in [0.3, 0.4) is 0 Å². The van der Waals surface area contributed by atoms with E-state index in [4.69, 9.17) is 5.84 Å². The van der Waals surface area contributed by atoms with E-state index < -0.39 is 0 Å². The van der Waals surface area contributed by atoms with E-state index in [0.29, 0.717) is 5.95 Å². The number of aliphatic hydroxyl groups is 1. The standard InChI is InChI=1S/C14H21N5OS/c1-2-9-7-10-11(16-13(19-15)17-12(10)21-9)18-14(8-20)5-3-4-6-14/h7,20H,2-6,8,15H2,1H3,(H2,16,17,18,19). The Morgan fingerprint density at radius 2 is 2.14 bits per heavy atom. The molecule has 0 amide bonds. The van der Waals surface area contributed by atoms with E-state index in [0.717, 1.165) is 48.1 Å². The summed E-state index contributed by atoms with van der Waals surface area (Å²) in [5.41, 5.74) is 2.26. The van der Waals surface area contributed by atoms with Gasteiger partial charge in [0.05, 0.1) is 17.5 Å². The number of anilines is 2. The van der Waals surface area contributed by atoms with Gasteiger partial charge < -0.3 is 10.4 Å². The summed E-state index contributed by atoms with van der Waals surface area (Å²) in [6, 6.07) is 2.13. The molecule has 0 aromatic carbocycles. The molecule has 5 N–H and O–H groups in total. The van der Waals surface area contributed by atoms with Crippen molar-refractivity contribution in [3.8, 4) is 0 Å². The second-order valence-corrected chi connectivity index (χ2v) is 6.71. The summed E-state index contributed by atoms with van der Waals surface area (Å²) in [5.74, 6) is 6.64. The second kappa shape index (κ2) is 5.75. The Labute approximate surface area is 127 Å². The molecule has 0 spiro atoms. The number of aryl methyl sites for hydroxylation is 1. The third kappa shape index (κ3) is 2.68. The molecule has 1 aliphatic rings. The van der Waals surface area contributed by atoms with Gasteiger partial charge in [0.2, 0.25) is 5.95 Å². The lowest BCUT2D eigenvalue weighted by molar-refractivity contribution is 0.214. The zero-order valence-corrected chi connectivity index (χ0v) is 13.0. The number of hydrogen-bond donors (Lipinski definition) is 4. The van der Waals surface area contributed by atoms with Crippen LogP contribution in [0.4, 0.5) is 11.8 Å². The van der Waals surface area contributed by atoms with Crippen molar-refractivity contribution >= 4 is 33.3 Å². The topological polar surface area (TPSA) is 96.1 Å². The van der Waals surface area contributed by atoms with Gasteiger partial charge in [-0.15, -0.1) is 11.3 Å². The first-order chi connectivity index (χ1) is 10.2. The average Bonchev–Trinajstić information content (AvgIpc) is 3.13. The number of hydrogen-bond acceptors (Lipinski definition) is 7. The third-order valence-corrected chi connectivity index (χ3v) is 5.34. The van der Waals surface area contributed by atoms with Gasteiger partial charge in [-0.25, -0.2) is 10.8 Å². The quantitative estimate of drug-likeness (QED) is 0.500. The van der Waals surface area contributed by atoms with Gasteiger partial charge in [-0.05, 0) is 25.3 Å². The molecule has 21 heavy (non-hydrogen) atoms. The Hall–Kier alpha value is -1.44. The van der Waals surface area contributed by atoms with Crippen LogP contribution in [0.15, 0.2) is 6.07 Å². The zero-order valence-electron chi connectivity index (χ0n) is 12.1.